The average Bonchev–Trinajstić information content (AvgIpc) is 2.74. The number of hydrogen-bond donors (Lipinski definition) is 1. The van der Waals surface area contributed by atoms with E-state index >= 15 is 0 Å². The summed E-state index contributed by atoms with van der Waals surface area (Å²) in [4.78, 5) is 13.7. The molecule has 1 saturated heterocycles. The van der Waals surface area contributed by atoms with E-state index in [9.17, 15) is 4.79 Å². The van der Waals surface area contributed by atoms with E-state index in [1.807, 2.05) is 0 Å². The van der Waals surface area contributed by atoms with Crippen molar-refractivity contribution in [3.05, 3.63) is 0 Å². The molecule has 0 amide bonds. The van der Waals surface area contributed by atoms with E-state index in [4.69, 9.17) is 5.11 Å². The average molecular weight is 241 g/mol. The number of aliphatic hydroxyl groups excluding tert-OH is 1. The predicted molar refractivity (Wildman–Crippen MR) is 70.0 cm³/mol. The van der Waals surface area contributed by atoms with Crippen LogP contribution >= 0.6 is 0 Å². The standard InChI is InChI=1S/C14H27NO2/c1-3-8-14(2,12-17)11-15-9-4-6-13(15)7-5-10-16/h12-13,16H,3-11H2,1-2H3. The van der Waals surface area contributed by atoms with Crippen molar-refractivity contribution in [2.24, 2.45) is 5.41 Å². The largest absolute Gasteiger partial charge is 0.396 e. The maximum absolute atomic E-state index is 11.3. The van der Waals surface area contributed by atoms with Crippen LogP contribution < -0.4 is 0 Å². The SMILES string of the molecule is CCCC(C)(C=O)CN1CCCC1CCCO. The summed E-state index contributed by atoms with van der Waals surface area (Å²) in [5.74, 6) is 0. The molecule has 0 aromatic heterocycles. The third kappa shape index (κ3) is 4.40. The van der Waals surface area contributed by atoms with Crippen molar-refractivity contribution in [1.29, 1.82) is 0 Å². The van der Waals surface area contributed by atoms with Crippen LogP contribution in [-0.2, 0) is 4.79 Å². The molecule has 0 aliphatic carbocycles. The molecule has 2 atom stereocenters. The Morgan fingerprint density at radius 1 is 1.53 bits per heavy atom. The Bertz CT molecular complexity index is 232. The van der Waals surface area contributed by atoms with Gasteiger partial charge in [0, 0.05) is 24.6 Å². The van der Waals surface area contributed by atoms with Gasteiger partial charge in [-0.1, -0.05) is 20.3 Å². The van der Waals surface area contributed by atoms with E-state index in [1.165, 1.54) is 12.8 Å². The molecule has 0 spiro atoms. The van der Waals surface area contributed by atoms with Crippen LogP contribution in [0, 0.1) is 5.41 Å². The third-order valence-electron chi connectivity index (χ3n) is 3.86. The van der Waals surface area contributed by atoms with Crippen LogP contribution in [0.3, 0.4) is 0 Å². The van der Waals surface area contributed by atoms with Crippen LogP contribution in [-0.4, -0.2) is 42.0 Å². The first-order chi connectivity index (χ1) is 8.15. The molecule has 1 N–H and O–H groups in total. The van der Waals surface area contributed by atoms with Gasteiger partial charge in [-0.05, 0) is 38.6 Å². The molecule has 17 heavy (non-hydrogen) atoms. The maximum atomic E-state index is 11.3. The van der Waals surface area contributed by atoms with Crippen LogP contribution in [0.2, 0.25) is 0 Å². The number of aliphatic hydroxyl groups is 1. The van der Waals surface area contributed by atoms with Crippen LogP contribution in [0.5, 0.6) is 0 Å². The molecule has 3 heteroatoms. The number of likely N-dealkylation sites (tertiary alicyclic amines) is 1. The monoisotopic (exact) mass is 241 g/mol. The molecule has 1 aliphatic rings. The minimum Gasteiger partial charge on any atom is -0.396 e. The third-order valence-corrected chi connectivity index (χ3v) is 3.86. The summed E-state index contributed by atoms with van der Waals surface area (Å²) < 4.78 is 0. The van der Waals surface area contributed by atoms with Gasteiger partial charge in [-0.3, -0.25) is 4.90 Å². The molecule has 1 fully saturated rings. The first kappa shape index (κ1) is 14.7. The van der Waals surface area contributed by atoms with Gasteiger partial charge in [-0.25, -0.2) is 0 Å². The van der Waals surface area contributed by atoms with Crippen LogP contribution in [0.25, 0.3) is 0 Å². The van der Waals surface area contributed by atoms with Crippen molar-refractivity contribution < 1.29 is 9.90 Å². The number of carbonyl (C=O) groups excluding carboxylic acids is 1. The van der Waals surface area contributed by atoms with E-state index in [0.717, 1.165) is 45.1 Å². The van der Waals surface area contributed by atoms with Crippen molar-refractivity contribution in [3.63, 3.8) is 0 Å². The topological polar surface area (TPSA) is 40.5 Å². The number of nitrogens with zero attached hydrogens (tertiary/aromatic N) is 1. The summed E-state index contributed by atoms with van der Waals surface area (Å²) >= 11 is 0. The highest BCUT2D eigenvalue weighted by Gasteiger charge is 2.31. The van der Waals surface area contributed by atoms with Gasteiger partial charge in [0.1, 0.15) is 6.29 Å². The predicted octanol–water partition coefficient (Wildman–Crippen LogP) is 2.23. The van der Waals surface area contributed by atoms with Crippen LogP contribution in [0.15, 0.2) is 0 Å². The van der Waals surface area contributed by atoms with E-state index in [-0.39, 0.29) is 12.0 Å². The lowest BCUT2D eigenvalue weighted by Gasteiger charge is -2.32. The molecule has 0 saturated carbocycles. The Balaban J connectivity index is 2.50. The lowest BCUT2D eigenvalue weighted by Crippen LogP contribution is -2.40. The molecule has 0 bridgehead atoms. The zero-order valence-corrected chi connectivity index (χ0v) is 11.3. The molecular weight excluding hydrogens is 214 g/mol. The molecule has 100 valence electrons. The molecule has 0 aromatic rings. The molecule has 2 unspecified atom stereocenters. The van der Waals surface area contributed by atoms with Gasteiger partial charge in [0.05, 0.1) is 0 Å². The Morgan fingerprint density at radius 3 is 2.88 bits per heavy atom. The number of hydrogen-bond acceptors (Lipinski definition) is 3. The molecular formula is C14H27NO2. The second kappa shape index (κ2) is 7.12. The van der Waals surface area contributed by atoms with E-state index < -0.39 is 0 Å². The fourth-order valence-electron chi connectivity index (χ4n) is 2.97. The second-order valence-corrected chi connectivity index (χ2v) is 5.65. The second-order valence-electron chi connectivity index (χ2n) is 5.65. The first-order valence-corrected chi connectivity index (χ1v) is 6.96. The number of carbonyl (C=O) groups is 1. The Kier molecular flexibility index (Phi) is 6.14. The fraction of sp³-hybridized carbons (Fsp3) is 0.929. The van der Waals surface area contributed by atoms with Crippen LogP contribution in [0.1, 0.15) is 52.4 Å². The van der Waals surface area contributed by atoms with Crippen molar-refractivity contribution in [2.75, 3.05) is 19.7 Å². The summed E-state index contributed by atoms with van der Waals surface area (Å²) in [5, 5.41) is 8.90. The zero-order valence-electron chi connectivity index (χ0n) is 11.3. The van der Waals surface area contributed by atoms with Gasteiger partial charge < -0.3 is 9.90 Å². The van der Waals surface area contributed by atoms with Gasteiger partial charge in [0.25, 0.3) is 0 Å². The summed E-state index contributed by atoms with van der Waals surface area (Å²) in [6, 6.07) is 0.582. The highest BCUT2D eigenvalue weighted by Crippen LogP contribution is 2.28. The van der Waals surface area contributed by atoms with Gasteiger partial charge in [-0.15, -0.1) is 0 Å². The highest BCUT2D eigenvalue weighted by molar-refractivity contribution is 5.59. The number of aldehydes is 1. The maximum Gasteiger partial charge on any atom is 0.127 e. The molecule has 1 rings (SSSR count). The Labute approximate surface area is 105 Å². The smallest absolute Gasteiger partial charge is 0.127 e. The molecule has 0 radical (unpaired) electrons. The van der Waals surface area contributed by atoms with Crippen molar-refractivity contribution in [3.8, 4) is 0 Å². The van der Waals surface area contributed by atoms with Crippen molar-refractivity contribution in [1.82, 2.24) is 4.90 Å². The lowest BCUT2D eigenvalue weighted by molar-refractivity contribution is -0.117. The van der Waals surface area contributed by atoms with Gasteiger partial charge >= 0.3 is 0 Å². The number of rotatable bonds is 8. The first-order valence-electron chi connectivity index (χ1n) is 6.96. The normalized spacial score (nSPS) is 24.8. The quantitative estimate of drug-likeness (QED) is 0.662. The van der Waals surface area contributed by atoms with Gasteiger partial charge in [-0.2, -0.15) is 0 Å². The summed E-state index contributed by atoms with van der Waals surface area (Å²) in [6.07, 6.45) is 7.57. The molecule has 3 nitrogen and oxygen atoms in total. The minimum atomic E-state index is -0.184. The fourth-order valence-corrected chi connectivity index (χ4v) is 2.97. The Hall–Kier alpha value is -0.410. The van der Waals surface area contributed by atoms with Gasteiger partial charge in [0.2, 0.25) is 0 Å². The minimum absolute atomic E-state index is 0.184. The summed E-state index contributed by atoms with van der Waals surface area (Å²) in [5.41, 5.74) is -0.184. The van der Waals surface area contributed by atoms with Crippen molar-refractivity contribution >= 4 is 6.29 Å². The lowest BCUT2D eigenvalue weighted by atomic mass is 9.86. The molecule has 1 heterocycles. The van der Waals surface area contributed by atoms with Crippen LogP contribution in [0.4, 0.5) is 0 Å². The molecule has 0 aromatic carbocycles. The molecule has 1 aliphatic heterocycles. The zero-order chi connectivity index (χ0) is 12.7. The summed E-state index contributed by atoms with van der Waals surface area (Å²) in [7, 11) is 0. The van der Waals surface area contributed by atoms with Gasteiger partial charge in [0.15, 0.2) is 0 Å². The van der Waals surface area contributed by atoms with E-state index in [1.54, 1.807) is 0 Å². The van der Waals surface area contributed by atoms with E-state index in [0.29, 0.717) is 6.04 Å². The summed E-state index contributed by atoms with van der Waals surface area (Å²) in [6.45, 7) is 6.49. The Morgan fingerprint density at radius 2 is 2.29 bits per heavy atom. The van der Waals surface area contributed by atoms with E-state index in [2.05, 4.69) is 18.7 Å². The highest BCUT2D eigenvalue weighted by atomic mass is 16.2. The van der Waals surface area contributed by atoms with Crippen molar-refractivity contribution in [2.45, 2.75) is 58.4 Å².